The molecule has 1 atom stereocenters. The van der Waals surface area contributed by atoms with Crippen LogP contribution in [0.1, 0.15) is 29.0 Å². The van der Waals surface area contributed by atoms with Gasteiger partial charge < -0.3 is 0 Å². The minimum atomic E-state index is -1.33. The van der Waals surface area contributed by atoms with Crippen LogP contribution in [0.4, 0.5) is 0 Å². The van der Waals surface area contributed by atoms with Gasteiger partial charge in [-0.25, -0.2) is 0 Å². The van der Waals surface area contributed by atoms with Crippen LogP contribution in [0, 0.1) is 18.4 Å². The Morgan fingerprint density at radius 1 is 0.909 bits per heavy atom. The van der Waals surface area contributed by atoms with Crippen molar-refractivity contribution < 1.29 is 0 Å². The molecule has 22 heavy (non-hydrogen) atoms. The molecule has 2 rings (SSSR count). The summed E-state index contributed by atoms with van der Waals surface area (Å²) in [5.41, 5.74) is 7.62. The lowest BCUT2D eigenvalue weighted by atomic mass is 9.92. The number of hydrogen-bond donors (Lipinski definition) is 0. The molecule has 0 aliphatic heterocycles. The monoisotopic (exact) mass is 306 g/mol. The molecule has 0 bridgehead atoms. The third kappa shape index (κ3) is 5.54. The van der Waals surface area contributed by atoms with Crippen molar-refractivity contribution in [3.63, 3.8) is 0 Å². The van der Waals surface area contributed by atoms with Crippen LogP contribution >= 0.6 is 0 Å². The minimum absolute atomic E-state index is 0.340. The highest BCUT2D eigenvalue weighted by Gasteiger charge is 2.12. The Bertz CT molecular complexity index is 636. The van der Waals surface area contributed by atoms with Gasteiger partial charge in [0, 0.05) is 5.92 Å². The zero-order valence-electron chi connectivity index (χ0n) is 14.2. The first-order chi connectivity index (χ1) is 10.4. The molecular weight excluding hydrogens is 280 g/mol. The molecule has 0 aromatic heterocycles. The lowest BCUT2D eigenvalue weighted by Crippen LogP contribution is -2.17. The van der Waals surface area contributed by atoms with E-state index < -0.39 is 8.07 Å². The van der Waals surface area contributed by atoms with E-state index in [0.29, 0.717) is 5.92 Å². The van der Waals surface area contributed by atoms with Crippen molar-refractivity contribution in [2.24, 2.45) is 0 Å². The van der Waals surface area contributed by atoms with Gasteiger partial charge in [0.2, 0.25) is 0 Å². The van der Waals surface area contributed by atoms with Crippen molar-refractivity contribution in [2.75, 3.05) is 0 Å². The molecule has 1 heteroatoms. The normalized spacial score (nSPS) is 12.4. The van der Waals surface area contributed by atoms with Crippen LogP contribution < -0.4 is 0 Å². The van der Waals surface area contributed by atoms with E-state index in [1.165, 1.54) is 16.7 Å². The fraction of sp³-hybridized carbons (Fsp3) is 0.333. The fourth-order valence-electron chi connectivity index (χ4n) is 2.38. The van der Waals surface area contributed by atoms with E-state index in [1.807, 2.05) is 0 Å². The van der Waals surface area contributed by atoms with Gasteiger partial charge >= 0.3 is 0 Å². The molecule has 0 fully saturated rings. The van der Waals surface area contributed by atoms with Crippen LogP contribution in [-0.2, 0) is 6.42 Å². The van der Waals surface area contributed by atoms with Crippen LogP contribution in [0.5, 0.6) is 0 Å². The Morgan fingerprint density at radius 2 is 1.55 bits per heavy atom. The van der Waals surface area contributed by atoms with Gasteiger partial charge in [-0.3, -0.25) is 0 Å². The Kier molecular flexibility index (Phi) is 5.63. The van der Waals surface area contributed by atoms with Gasteiger partial charge in [-0.05, 0) is 30.9 Å². The van der Waals surface area contributed by atoms with Crippen molar-refractivity contribution in [2.45, 2.75) is 45.3 Å². The summed E-state index contributed by atoms with van der Waals surface area (Å²) in [6.45, 7) is 9.06. The van der Waals surface area contributed by atoms with Crippen molar-refractivity contribution in [1.29, 1.82) is 0 Å². The summed E-state index contributed by atoms with van der Waals surface area (Å²) in [5.74, 6) is 3.92. The fourth-order valence-corrected chi connectivity index (χ4v) is 2.99. The molecule has 0 aliphatic rings. The molecule has 2 aromatic rings. The summed E-state index contributed by atoms with van der Waals surface area (Å²) >= 11 is 0. The third-order valence-electron chi connectivity index (χ3n) is 3.67. The van der Waals surface area contributed by atoms with Gasteiger partial charge in [0.1, 0.15) is 8.07 Å². The van der Waals surface area contributed by atoms with Gasteiger partial charge in [-0.2, -0.15) is 0 Å². The molecular formula is C21H26Si. The highest BCUT2D eigenvalue weighted by atomic mass is 28.3. The van der Waals surface area contributed by atoms with E-state index in [2.05, 4.69) is 92.6 Å². The van der Waals surface area contributed by atoms with Crippen LogP contribution in [0.3, 0.4) is 0 Å². The van der Waals surface area contributed by atoms with E-state index in [0.717, 1.165) is 12.8 Å². The van der Waals surface area contributed by atoms with E-state index in [4.69, 9.17) is 0 Å². The Hall–Kier alpha value is -1.78. The summed E-state index contributed by atoms with van der Waals surface area (Å²) in [5, 5.41) is 0. The Morgan fingerprint density at radius 3 is 2.14 bits per heavy atom. The summed E-state index contributed by atoms with van der Waals surface area (Å²) in [7, 11) is -1.33. The number of hydrogen-bond acceptors (Lipinski definition) is 0. The molecule has 0 nitrogen and oxygen atoms in total. The zero-order valence-corrected chi connectivity index (χ0v) is 15.2. The quantitative estimate of drug-likeness (QED) is 0.510. The second-order valence-electron chi connectivity index (χ2n) is 7.01. The second kappa shape index (κ2) is 7.47. The smallest absolute Gasteiger partial charge is 0.129 e. The van der Waals surface area contributed by atoms with Crippen LogP contribution in [-0.4, -0.2) is 8.07 Å². The van der Waals surface area contributed by atoms with Crippen molar-refractivity contribution >= 4 is 8.07 Å². The number of benzene rings is 2. The van der Waals surface area contributed by atoms with Crippen molar-refractivity contribution in [3.05, 3.63) is 71.3 Å². The second-order valence-corrected chi connectivity index (χ2v) is 11.8. The Labute approximate surface area is 136 Å². The largest absolute Gasteiger partial charge is 0.131 e. The summed E-state index contributed by atoms with van der Waals surface area (Å²) < 4.78 is 0. The number of rotatable bonds is 4. The van der Waals surface area contributed by atoms with E-state index >= 15 is 0 Å². The molecule has 0 saturated heterocycles. The summed E-state index contributed by atoms with van der Waals surface area (Å²) in [6.07, 6.45) is 2.17. The van der Waals surface area contributed by atoms with Crippen molar-refractivity contribution in [1.82, 2.24) is 0 Å². The highest BCUT2D eigenvalue weighted by Crippen LogP contribution is 2.22. The molecule has 0 spiro atoms. The standard InChI is InChI=1S/C21H26Si/c1-18-10-13-20(14-11-18)21(16-17-22(2,3)4)15-12-19-8-6-5-7-9-19/h5-11,13-14,21H,12,15H2,1-4H3/t21-/m1/s1. The maximum absolute atomic E-state index is 3.58. The first-order valence-electron chi connectivity index (χ1n) is 8.07. The van der Waals surface area contributed by atoms with E-state index in [1.54, 1.807) is 0 Å². The molecule has 2 aromatic carbocycles. The predicted molar refractivity (Wildman–Crippen MR) is 99.8 cm³/mol. The first kappa shape index (κ1) is 16.6. The molecule has 0 radical (unpaired) electrons. The predicted octanol–water partition coefficient (Wildman–Crippen LogP) is 5.59. The SMILES string of the molecule is Cc1ccc([C@@H](C#C[Si](C)(C)C)CCc2ccccc2)cc1. The van der Waals surface area contributed by atoms with Gasteiger partial charge in [0.25, 0.3) is 0 Å². The topological polar surface area (TPSA) is 0 Å². The van der Waals surface area contributed by atoms with Crippen LogP contribution in [0.2, 0.25) is 19.6 Å². The van der Waals surface area contributed by atoms with Gasteiger partial charge in [0.05, 0.1) is 0 Å². The maximum Gasteiger partial charge on any atom is 0.129 e. The zero-order chi connectivity index (χ0) is 16.0. The molecule has 0 heterocycles. The minimum Gasteiger partial charge on any atom is -0.131 e. The molecule has 0 aliphatic carbocycles. The Balaban J connectivity index is 2.17. The maximum atomic E-state index is 3.58. The summed E-state index contributed by atoms with van der Waals surface area (Å²) in [4.78, 5) is 0. The van der Waals surface area contributed by atoms with Crippen molar-refractivity contribution in [3.8, 4) is 11.5 Å². The molecule has 0 N–H and O–H groups in total. The molecule has 114 valence electrons. The molecule has 0 saturated carbocycles. The van der Waals surface area contributed by atoms with E-state index in [-0.39, 0.29) is 0 Å². The third-order valence-corrected chi connectivity index (χ3v) is 4.56. The highest BCUT2D eigenvalue weighted by molar-refractivity contribution is 6.83. The van der Waals surface area contributed by atoms with Gasteiger partial charge in [0.15, 0.2) is 0 Å². The summed E-state index contributed by atoms with van der Waals surface area (Å²) in [6, 6.07) is 19.6. The lowest BCUT2D eigenvalue weighted by Gasteiger charge is -2.13. The molecule has 0 amide bonds. The lowest BCUT2D eigenvalue weighted by molar-refractivity contribution is 0.754. The van der Waals surface area contributed by atoms with E-state index in [9.17, 15) is 0 Å². The first-order valence-corrected chi connectivity index (χ1v) is 11.6. The number of aryl methyl sites for hydroxylation is 2. The van der Waals surface area contributed by atoms with Crippen LogP contribution in [0.15, 0.2) is 54.6 Å². The van der Waals surface area contributed by atoms with Gasteiger partial charge in [-0.1, -0.05) is 79.8 Å². The van der Waals surface area contributed by atoms with Gasteiger partial charge in [-0.15, -0.1) is 11.5 Å². The average Bonchev–Trinajstić information content (AvgIpc) is 2.48. The average molecular weight is 307 g/mol. The van der Waals surface area contributed by atoms with Crippen LogP contribution in [0.25, 0.3) is 0 Å². The molecule has 0 unspecified atom stereocenters.